The molecule has 0 aromatic carbocycles. The fraction of sp³-hybridized carbons (Fsp3) is 0.800. The minimum absolute atomic E-state index is 0.0217. The number of hydrogen-bond donors (Lipinski definition) is 2. The summed E-state index contributed by atoms with van der Waals surface area (Å²) in [6, 6.07) is 0. The summed E-state index contributed by atoms with van der Waals surface area (Å²) in [4.78, 5) is 4.68. The van der Waals surface area contributed by atoms with Crippen LogP contribution in [0.4, 0.5) is 0 Å². The van der Waals surface area contributed by atoms with Crippen molar-refractivity contribution in [2.45, 2.75) is 18.9 Å². The van der Waals surface area contributed by atoms with E-state index in [1.54, 1.807) is 0 Å². The lowest BCUT2D eigenvalue weighted by Crippen LogP contribution is -2.08. The van der Waals surface area contributed by atoms with Crippen molar-refractivity contribution in [3.63, 3.8) is 0 Å². The van der Waals surface area contributed by atoms with Gasteiger partial charge in [0.25, 0.3) is 0 Å². The van der Waals surface area contributed by atoms with Crippen LogP contribution in [0.2, 0.25) is 0 Å². The van der Waals surface area contributed by atoms with Gasteiger partial charge in [0.15, 0.2) is 0 Å². The van der Waals surface area contributed by atoms with Crippen molar-refractivity contribution >= 4 is 5.90 Å². The van der Waals surface area contributed by atoms with Gasteiger partial charge in [-0.15, -0.1) is 0 Å². The van der Waals surface area contributed by atoms with Crippen LogP contribution in [-0.2, 0) is 4.84 Å². The Balaban J connectivity index is 2.21. The van der Waals surface area contributed by atoms with Gasteiger partial charge in [0.05, 0.1) is 6.42 Å². The third-order valence-corrected chi connectivity index (χ3v) is 1.17. The lowest BCUT2D eigenvalue weighted by atomic mass is 10.2. The third-order valence-electron chi connectivity index (χ3n) is 1.17. The Labute approximate surface area is 52.7 Å². The maximum atomic E-state index is 8.67. The lowest BCUT2D eigenvalue weighted by Gasteiger charge is -2.02. The summed E-state index contributed by atoms with van der Waals surface area (Å²) in [5.41, 5.74) is 0. The standard InChI is InChI=1S/C5H9NO3/c7-2-1-4-3-5(8)6-9-4/h4,7H,1-3H2,(H,6,8). The fourth-order valence-electron chi connectivity index (χ4n) is 0.712. The van der Waals surface area contributed by atoms with E-state index in [0.29, 0.717) is 12.8 Å². The van der Waals surface area contributed by atoms with Gasteiger partial charge in [-0.1, -0.05) is 5.16 Å². The molecule has 1 aliphatic heterocycles. The highest BCUT2D eigenvalue weighted by atomic mass is 16.7. The Morgan fingerprint density at radius 3 is 3.00 bits per heavy atom. The van der Waals surface area contributed by atoms with Crippen LogP contribution in [0, 0.1) is 0 Å². The highest BCUT2D eigenvalue weighted by Gasteiger charge is 2.18. The number of rotatable bonds is 2. The molecule has 0 bridgehead atoms. The summed E-state index contributed by atoms with van der Waals surface area (Å²) >= 11 is 0. The molecule has 0 aromatic heterocycles. The Kier molecular flexibility index (Phi) is 1.89. The number of aliphatic hydroxyl groups is 2. The smallest absolute Gasteiger partial charge is 0.227 e. The van der Waals surface area contributed by atoms with E-state index in [4.69, 9.17) is 10.2 Å². The quantitative estimate of drug-likeness (QED) is 0.555. The van der Waals surface area contributed by atoms with Gasteiger partial charge in [-0.3, -0.25) is 0 Å². The molecule has 1 atom stereocenters. The van der Waals surface area contributed by atoms with Crippen molar-refractivity contribution < 1.29 is 15.1 Å². The molecule has 52 valence electrons. The van der Waals surface area contributed by atoms with E-state index < -0.39 is 0 Å². The summed E-state index contributed by atoms with van der Waals surface area (Å²) in [7, 11) is 0. The molecule has 0 saturated carbocycles. The average Bonchev–Trinajstić information content (AvgIpc) is 2.17. The Morgan fingerprint density at radius 1 is 1.78 bits per heavy atom. The zero-order valence-corrected chi connectivity index (χ0v) is 4.95. The van der Waals surface area contributed by atoms with Crippen LogP contribution in [0.25, 0.3) is 0 Å². The molecule has 0 fully saturated rings. The molecule has 9 heavy (non-hydrogen) atoms. The molecule has 0 saturated heterocycles. The van der Waals surface area contributed by atoms with E-state index in [1.165, 1.54) is 0 Å². The van der Waals surface area contributed by atoms with Gasteiger partial charge in [0, 0.05) is 13.0 Å². The molecule has 0 spiro atoms. The molecule has 4 nitrogen and oxygen atoms in total. The van der Waals surface area contributed by atoms with Crippen molar-refractivity contribution in [3.8, 4) is 0 Å². The molecule has 4 heteroatoms. The molecule has 0 amide bonds. The SMILES string of the molecule is OCCC1CC(O)=NO1. The number of nitrogens with zero attached hydrogens (tertiary/aromatic N) is 1. The van der Waals surface area contributed by atoms with Gasteiger partial charge >= 0.3 is 0 Å². The van der Waals surface area contributed by atoms with Crippen LogP contribution in [0.15, 0.2) is 5.16 Å². The van der Waals surface area contributed by atoms with Crippen molar-refractivity contribution in [1.29, 1.82) is 0 Å². The van der Waals surface area contributed by atoms with Gasteiger partial charge in [-0.2, -0.15) is 0 Å². The second-order valence-corrected chi connectivity index (χ2v) is 1.95. The van der Waals surface area contributed by atoms with E-state index in [0.717, 1.165) is 0 Å². The maximum Gasteiger partial charge on any atom is 0.227 e. The van der Waals surface area contributed by atoms with Crippen molar-refractivity contribution in [2.24, 2.45) is 5.16 Å². The topological polar surface area (TPSA) is 62.0 Å². The predicted molar refractivity (Wildman–Crippen MR) is 31.3 cm³/mol. The molecular weight excluding hydrogens is 122 g/mol. The summed E-state index contributed by atoms with van der Waals surface area (Å²) < 4.78 is 0. The molecule has 1 rings (SSSR count). The van der Waals surface area contributed by atoms with Crippen LogP contribution in [-0.4, -0.2) is 28.8 Å². The van der Waals surface area contributed by atoms with Crippen LogP contribution in [0.5, 0.6) is 0 Å². The van der Waals surface area contributed by atoms with Crippen molar-refractivity contribution in [1.82, 2.24) is 0 Å². The highest BCUT2D eigenvalue weighted by Crippen LogP contribution is 2.11. The van der Waals surface area contributed by atoms with Gasteiger partial charge in [-0.05, 0) is 0 Å². The third kappa shape index (κ3) is 1.57. The van der Waals surface area contributed by atoms with Gasteiger partial charge in [-0.25, -0.2) is 0 Å². The molecule has 2 N–H and O–H groups in total. The van der Waals surface area contributed by atoms with E-state index in [-0.39, 0.29) is 18.6 Å². The minimum Gasteiger partial charge on any atom is -0.494 e. The van der Waals surface area contributed by atoms with Crippen LogP contribution in [0.3, 0.4) is 0 Å². The second-order valence-electron chi connectivity index (χ2n) is 1.95. The minimum atomic E-state index is -0.116. The van der Waals surface area contributed by atoms with E-state index in [9.17, 15) is 0 Å². The van der Waals surface area contributed by atoms with Gasteiger partial charge in [0.1, 0.15) is 6.10 Å². The zero-order chi connectivity index (χ0) is 6.69. The summed E-state index contributed by atoms with van der Waals surface area (Å²) in [6.07, 6.45) is 0.851. The summed E-state index contributed by atoms with van der Waals surface area (Å²) in [6.45, 7) is 0.0769. The molecular formula is C5H9NO3. The second kappa shape index (κ2) is 2.68. The largest absolute Gasteiger partial charge is 0.494 e. The zero-order valence-electron chi connectivity index (χ0n) is 4.95. The van der Waals surface area contributed by atoms with Gasteiger partial charge < -0.3 is 15.1 Å². The Hall–Kier alpha value is -0.770. The summed E-state index contributed by atoms with van der Waals surface area (Å²) in [5, 5.41) is 20.4. The summed E-state index contributed by atoms with van der Waals surface area (Å²) in [5.74, 6) is 0.0217. The molecule has 1 unspecified atom stereocenters. The first-order valence-corrected chi connectivity index (χ1v) is 2.85. The Morgan fingerprint density at radius 2 is 2.56 bits per heavy atom. The van der Waals surface area contributed by atoms with Crippen LogP contribution in [0.1, 0.15) is 12.8 Å². The predicted octanol–water partition coefficient (Wildman–Crippen LogP) is 0.0292. The number of hydrogen-bond acceptors (Lipinski definition) is 3. The first kappa shape index (κ1) is 6.35. The molecule has 0 aromatic rings. The first-order chi connectivity index (χ1) is 4.33. The van der Waals surface area contributed by atoms with Crippen molar-refractivity contribution in [3.05, 3.63) is 0 Å². The van der Waals surface area contributed by atoms with Crippen LogP contribution >= 0.6 is 0 Å². The molecule has 0 aliphatic carbocycles. The van der Waals surface area contributed by atoms with Crippen molar-refractivity contribution in [2.75, 3.05) is 6.61 Å². The normalized spacial score (nSPS) is 25.4. The fourth-order valence-corrected chi connectivity index (χ4v) is 0.712. The maximum absolute atomic E-state index is 8.67. The molecule has 1 heterocycles. The lowest BCUT2D eigenvalue weighted by molar-refractivity contribution is 0.0643. The number of oxime groups is 1. The monoisotopic (exact) mass is 131 g/mol. The van der Waals surface area contributed by atoms with E-state index in [1.807, 2.05) is 0 Å². The Bertz CT molecular complexity index is 123. The first-order valence-electron chi connectivity index (χ1n) is 2.85. The van der Waals surface area contributed by atoms with Gasteiger partial charge in [0.2, 0.25) is 5.90 Å². The van der Waals surface area contributed by atoms with E-state index >= 15 is 0 Å². The molecule has 1 aliphatic rings. The number of aliphatic hydroxyl groups excluding tert-OH is 2. The molecule has 0 radical (unpaired) electrons. The van der Waals surface area contributed by atoms with E-state index in [2.05, 4.69) is 9.99 Å². The highest BCUT2D eigenvalue weighted by molar-refractivity contribution is 5.74. The average molecular weight is 131 g/mol. The van der Waals surface area contributed by atoms with Crippen LogP contribution < -0.4 is 0 Å².